The van der Waals surface area contributed by atoms with Gasteiger partial charge in [0.05, 0.1) is 24.8 Å². The Morgan fingerprint density at radius 2 is 1.21 bits per heavy atom. The molecule has 0 saturated heterocycles. The summed E-state index contributed by atoms with van der Waals surface area (Å²) in [4.78, 5) is 0.210. The van der Waals surface area contributed by atoms with Crippen molar-refractivity contribution in [2.24, 2.45) is 0 Å². The summed E-state index contributed by atoms with van der Waals surface area (Å²) in [6.07, 6.45) is 1.70. The summed E-state index contributed by atoms with van der Waals surface area (Å²) in [6.45, 7) is 1.93. The quantitative estimate of drug-likeness (QED) is 0.207. The number of anilines is 1. The van der Waals surface area contributed by atoms with Gasteiger partial charge in [-0.25, -0.2) is 12.7 Å². The van der Waals surface area contributed by atoms with Crippen molar-refractivity contribution in [3.05, 3.63) is 138 Å². The maximum absolute atomic E-state index is 14.2. The minimum Gasteiger partial charge on any atom is -0.497 e. The molecule has 5 aromatic carbocycles. The number of hydrogen-bond acceptors (Lipinski definition) is 4. The molecule has 196 valence electrons. The van der Waals surface area contributed by atoms with Gasteiger partial charge in [0, 0.05) is 11.8 Å². The first kappa shape index (κ1) is 26.1. The Morgan fingerprint density at radius 3 is 1.74 bits per heavy atom. The molecule has 0 fully saturated rings. The standard InChI is InChI=1S/C33H29NO4S/c1-24-8-20-32(21-9-24)39(35,36)34(29-15-10-25-6-4-5-7-28(25)22-29)23-33(26-11-16-30(37-2)17-12-26)27-13-18-31(38-3)19-14-27/h4-23H,1-3H3. The van der Waals surface area contributed by atoms with Crippen molar-refractivity contribution in [1.82, 2.24) is 0 Å². The highest BCUT2D eigenvalue weighted by atomic mass is 32.2. The van der Waals surface area contributed by atoms with Gasteiger partial charge in [0.1, 0.15) is 11.5 Å². The maximum Gasteiger partial charge on any atom is 0.268 e. The molecule has 5 aromatic rings. The van der Waals surface area contributed by atoms with Crippen molar-refractivity contribution in [3.63, 3.8) is 0 Å². The van der Waals surface area contributed by atoms with Crippen LogP contribution < -0.4 is 13.8 Å². The predicted octanol–water partition coefficient (Wildman–Crippen LogP) is 7.45. The lowest BCUT2D eigenvalue weighted by molar-refractivity contribution is 0.414. The SMILES string of the molecule is COc1ccc(C(=CN(c2ccc3ccccc3c2)S(=O)(=O)c2ccc(C)cc2)c2ccc(OC)cc2)cc1. The van der Waals surface area contributed by atoms with Gasteiger partial charge in [-0.1, -0.05) is 72.3 Å². The van der Waals surface area contributed by atoms with Gasteiger partial charge in [0.15, 0.2) is 0 Å². The Balaban J connectivity index is 1.75. The molecule has 0 aliphatic carbocycles. The number of ether oxygens (including phenoxy) is 2. The third-order valence-corrected chi connectivity index (χ3v) is 8.32. The number of fused-ring (bicyclic) bond motifs is 1. The average molecular weight is 536 g/mol. The van der Waals surface area contributed by atoms with Gasteiger partial charge in [0.25, 0.3) is 10.0 Å². The molecule has 39 heavy (non-hydrogen) atoms. The number of aryl methyl sites for hydroxylation is 1. The van der Waals surface area contributed by atoms with E-state index in [0.717, 1.165) is 33.0 Å². The topological polar surface area (TPSA) is 55.8 Å². The molecular formula is C33H29NO4S. The Morgan fingerprint density at radius 1 is 0.667 bits per heavy atom. The van der Waals surface area contributed by atoms with Gasteiger partial charge in [-0.15, -0.1) is 0 Å². The van der Waals surface area contributed by atoms with E-state index in [-0.39, 0.29) is 4.90 Å². The molecule has 6 heteroatoms. The highest BCUT2D eigenvalue weighted by Gasteiger charge is 2.25. The third-order valence-electron chi connectivity index (χ3n) is 6.61. The Labute approximate surface area is 229 Å². The van der Waals surface area contributed by atoms with E-state index in [0.29, 0.717) is 17.2 Å². The minimum absolute atomic E-state index is 0.210. The second-order valence-electron chi connectivity index (χ2n) is 9.15. The molecule has 0 aliphatic rings. The zero-order valence-corrected chi connectivity index (χ0v) is 22.9. The number of hydrogen-bond donors (Lipinski definition) is 0. The van der Waals surface area contributed by atoms with E-state index in [1.165, 1.54) is 4.31 Å². The number of sulfonamides is 1. The van der Waals surface area contributed by atoms with Crippen LogP contribution in [0.2, 0.25) is 0 Å². The van der Waals surface area contributed by atoms with Crippen LogP contribution >= 0.6 is 0 Å². The molecule has 0 aliphatic heterocycles. The molecular weight excluding hydrogens is 506 g/mol. The molecule has 0 radical (unpaired) electrons. The highest BCUT2D eigenvalue weighted by Crippen LogP contribution is 2.33. The van der Waals surface area contributed by atoms with Gasteiger partial charge >= 0.3 is 0 Å². The number of methoxy groups -OCH3 is 2. The van der Waals surface area contributed by atoms with Crippen molar-refractivity contribution in [2.75, 3.05) is 18.5 Å². The lowest BCUT2D eigenvalue weighted by atomic mass is 9.98. The molecule has 0 N–H and O–H groups in total. The molecule has 0 aromatic heterocycles. The van der Waals surface area contributed by atoms with Crippen LogP contribution in [-0.4, -0.2) is 22.6 Å². The molecule has 0 heterocycles. The van der Waals surface area contributed by atoms with Crippen LogP contribution in [0.25, 0.3) is 16.3 Å². The van der Waals surface area contributed by atoms with E-state index in [2.05, 4.69) is 0 Å². The monoisotopic (exact) mass is 535 g/mol. The summed E-state index contributed by atoms with van der Waals surface area (Å²) >= 11 is 0. The Kier molecular flexibility index (Phi) is 7.39. The summed E-state index contributed by atoms with van der Waals surface area (Å²) in [5.74, 6) is 1.43. The summed E-state index contributed by atoms with van der Waals surface area (Å²) in [6, 6.07) is 35.6. The van der Waals surface area contributed by atoms with Crippen LogP contribution in [0, 0.1) is 6.92 Å². The Hall–Kier alpha value is -4.55. The summed E-state index contributed by atoms with van der Waals surface area (Å²) in [7, 11) is -0.737. The van der Waals surface area contributed by atoms with E-state index in [1.807, 2.05) is 110 Å². The lowest BCUT2D eigenvalue weighted by Crippen LogP contribution is -2.26. The van der Waals surface area contributed by atoms with Gasteiger partial charge in [-0.3, -0.25) is 0 Å². The second kappa shape index (κ2) is 11.1. The first-order chi connectivity index (χ1) is 18.9. The maximum atomic E-state index is 14.2. The fourth-order valence-corrected chi connectivity index (χ4v) is 5.74. The number of nitrogens with zero attached hydrogens (tertiary/aromatic N) is 1. The number of rotatable bonds is 8. The van der Waals surface area contributed by atoms with Gasteiger partial charge in [0.2, 0.25) is 0 Å². The molecule has 5 rings (SSSR count). The largest absolute Gasteiger partial charge is 0.497 e. The fraction of sp³-hybridized carbons (Fsp3) is 0.0909. The number of benzene rings is 5. The second-order valence-corrected chi connectivity index (χ2v) is 11.0. The van der Waals surface area contributed by atoms with E-state index >= 15 is 0 Å². The molecule has 5 nitrogen and oxygen atoms in total. The first-order valence-electron chi connectivity index (χ1n) is 12.5. The van der Waals surface area contributed by atoms with Crippen molar-refractivity contribution >= 4 is 32.1 Å². The molecule has 0 atom stereocenters. The molecule has 0 amide bonds. The van der Waals surface area contributed by atoms with Crippen LogP contribution in [0.5, 0.6) is 11.5 Å². The first-order valence-corrected chi connectivity index (χ1v) is 13.9. The molecule has 0 unspecified atom stereocenters. The fourth-order valence-electron chi connectivity index (χ4n) is 4.39. The smallest absolute Gasteiger partial charge is 0.268 e. The van der Waals surface area contributed by atoms with Gasteiger partial charge < -0.3 is 9.47 Å². The van der Waals surface area contributed by atoms with E-state index < -0.39 is 10.0 Å². The predicted molar refractivity (Wildman–Crippen MR) is 158 cm³/mol. The van der Waals surface area contributed by atoms with E-state index in [4.69, 9.17) is 9.47 Å². The van der Waals surface area contributed by atoms with Crippen LogP contribution in [0.4, 0.5) is 5.69 Å². The zero-order chi connectivity index (χ0) is 27.4. The van der Waals surface area contributed by atoms with Crippen molar-refractivity contribution < 1.29 is 17.9 Å². The van der Waals surface area contributed by atoms with Crippen LogP contribution in [0.15, 0.2) is 126 Å². The van der Waals surface area contributed by atoms with Crippen molar-refractivity contribution in [2.45, 2.75) is 11.8 Å². The molecule has 0 saturated carbocycles. The van der Waals surface area contributed by atoms with Crippen LogP contribution in [0.3, 0.4) is 0 Å². The van der Waals surface area contributed by atoms with Crippen molar-refractivity contribution in [1.29, 1.82) is 0 Å². The summed E-state index contributed by atoms with van der Waals surface area (Å²) in [5, 5.41) is 1.98. The lowest BCUT2D eigenvalue weighted by Gasteiger charge is -2.23. The minimum atomic E-state index is -3.97. The van der Waals surface area contributed by atoms with Gasteiger partial charge in [-0.2, -0.15) is 0 Å². The Bertz CT molecular complexity index is 1670. The summed E-state index contributed by atoms with van der Waals surface area (Å²) in [5.41, 5.74) is 3.92. The zero-order valence-electron chi connectivity index (χ0n) is 22.0. The normalized spacial score (nSPS) is 11.2. The van der Waals surface area contributed by atoms with Crippen LogP contribution in [0.1, 0.15) is 16.7 Å². The molecule has 0 spiro atoms. The van der Waals surface area contributed by atoms with E-state index in [1.54, 1.807) is 32.6 Å². The van der Waals surface area contributed by atoms with Crippen LogP contribution in [-0.2, 0) is 10.0 Å². The molecule has 0 bridgehead atoms. The van der Waals surface area contributed by atoms with Crippen molar-refractivity contribution in [3.8, 4) is 11.5 Å². The highest BCUT2D eigenvalue weighted by molar-refractivity contribution is 7.93. The van der Waals surface area contributed by atoms with E-state index in [9.17, 15) is 8.42 Å². The average Bonchev–Trinajstić information content (AvgIpc) is 2.98. The summed E-state index contributed by atoms with van der Waals surface area (Å²) < 4.78 is 40.5. The third kappa shape index (κ3) is 5.52. The van der Waals surface area contributed by atoms with Gasteiger partial charge in [-0.05, 0) is 77.4 Å².